The highest BCUT2D eigenvalue weighted by molar-refractivity contribution is 9.10. The summed E-state index contributed by atoms with van der Waals surface area (Å²) in [5, 5.41) is 0. The SMILES string of the molecule is COCCCSCc1cccc(Br)c1. The lowest BCUT2D eigenvalue weighted by Crippen LogP contribution is -1.91. The van der Waals surface area contributed by atoms with E-state index in [1.165, 1.54) is 11.3 Å². The van der Waals surface area contributed by atoms with Gasteiger partial charge >= 0.3 is 0 Å². The summed E-state index contributed by atoms with van der Waals surface area (Å²) in [4.78, 5) is 0. The van der Waals surface area contributed by atoms with Crippen LogP contribution in [-0.2, 0) is 10.5 Å². The Morgan fingerprint density at radius 2 is 2.29 bits per heavy atom. The zero-order valence-corrected chi connectivity index (χ0v) is 10.7. The molecule has 0 amide bonds. The number of thioether (sulfide) groups is 1. The molecule has 0 atom stereocenters. The Morgan fingerprint density at radius 1 is 1.43 bits per heavy atom. The summed E-state index contributed by atoms with van der Waals surface area (Å²) in [6, 6.07) is 8.46. The van der Waals surface area contributed by atoms with Gasteiger partial charge in [-0.2, -0.15) is 11.8 Å². The first-order valence-corrected chi connectivity index (χ1v) is 6.59. The molecule has 0 saturated carbocycles. The maximum absolute atomic E-state index is 4.99. The third kappa shape index (κ3) is 5.03. The zero-order valence-electron chi connectivity index (χ0n) is 8.33. The molecule has 0 radical (unpaired) electrons. The minimum Gasteiger partial charge on any atom is -0.385 e. The lowest BCUT2D eigenvalue weighted by Gasteiger charge is -2.02. The summed E-state index contributed by atoms with van der Waals surface area (Å²) in [7, 11) is 1.75. The number of methoxy groups -OCH3 is 1. The highest BCUT2D eigenvalue weighted by Crippen LogP contribution is 2.17. The standard InChI is InChI=1S/C11H15BrOS/c1-13-6-3-7-14-9-10-4-2-5-11(12)8-10/h2,4-5,8H,3,6-7,9H2,1H3. The molecule has 0 aromatic heterocycles. The van der Waals surface area contributed by atoms with E-state index in [-0.39, 0.29) is 0 Å². The number of benzene rings is 1. The first-order valence-electron chi connectivity index (χ1n) is 4.64. The average Bonchev–Trinajstić information content (AvgIpc) is 2.18. The summed E-state index contributed by atoms with van der Waals surface area (Å²) in [5.74, 6) is 2.25. The van der Waals surface area contributed by atoms with Crippen molar-refractivity contribution in [1.82, 2.24) is 0 Å². The topological polar surface area (TPSA) is 9.23 Å². The number of hydrogen-bond donors (Lipinski definition) is 0. The van der Waals surface area contributed by atoms with E-state index in [0.717, 1.165) is 23.3 Å². The molecule has 1 nitrogen and oxygen atoms in total. The molecule has 1 rings (SSSR count). The van der Waals surface area contributed by atoms with Crippen molar-refractivity contribution in [2.45, 2.75) is 12.2 Å². The third-order valence-electron chi connectivity index (χ3n) is 1.79. The van der Waals surface area contributed by atoms with Gasteiger partial charge in [-0.3, -0.25) is 0 Å². The Bertz CT molecular complexity index is 265. The van der Waals surface area contributed by atoms with Crippen LogP contribution >= 0.6 is 27.7 Å². The van der Waals surface area contributed by atoms with E-state index in [2.05, 4.69) is 40.2 Å². The second kappa shape index (κ2) is 7.32. The van der Waals surface area contributed by atoms with Crippen molar-refractivity contribution in [3.63, 3.8) is 0 Å². The Labute approximate surface area is 98.4 Å². The molecule has 0 aliphatic rings. The van der Waals surface area contributed by atoms with Gasteiger partial charge in [0.15, 0.2) is 0 Å². The Kier molecular flexibility index (Phi) is 6.32. The lowest BCUT2D eigenvalue weighted by molar-refractivity contribution is 0.200. The van der Waals surface area contributed by atoms with Gasteiger partial charge in [-0.1, -0.05) is 28.1 Å². The van der Waals surface area contributed by atoms with Crippen molar-refractivity contribution < 1.29 is 4.74 Å². The van der Waals surface area contributed by atoms with E-state index in [4.69, 9.17) is 4.74 Å². The monoisotopic (exact) mass is 274 g/mol. The predicted molar refractivity (Wildman–Crippen MR) is 66.8 cm³/mol. The van der Waals surface area contributed by atoms with Gasteiger partial charge in [0.05, 0.1) is 0 Å². The van der Waals surface area contributed by atoms with Gasteiger partial charge in [-0.25, -0.2) is 0 Å². The highest BCUT2D eigenvalue weighted by atomic mass is 79.9. The van der Waals surface area contributed by atoms with Crippen LogP contribution < -0.4 is 0 Å². The van der Waals surface area contributed by atoms with Gasteiger partial charge < -0.3 is 4.74 Å². The van der Waals surface area contributed by atoms with Crippen LogP contribution in [0.4, 0.5) is 0 Å². The second-order valence-electron chi connectivity index (χ2n) is 3.03. The molecule has 3 heteroatoms. The molecule has 0 N–H and O–H groups in total. The number of halogens is 1. The highest BCUT2D eigenvalue weighted by Gasteiger charge is 1.94. The van der Waals surface area contributed by atoms with Crippen molar-refractivity contribution in [3.8, 4) is 0 Å². The van der Waals surface area contributed by atoms with Gasteiger partial charge in [0.1, 0.15) is 0 Å². The van der Waals surface area contributed by atoms with E-state index >= 15 is 0 Å². The van der Waals surface area contributed by atoms with Crippen LogP contribution in [-0.4, -0.2) is 19.5 Å². The smallest absolute Gasteiger partial charge is 0.0470 e. The van der Waals surface area contributed by atoms with Crippen LogP contribution in [0.3, 0.4) is 0 Å². The molecule has 0 saturated heterocycles. The first kappa shape index (κ1) is 12.1. The molecule has 0 bridgehead atoms. The van der Waals surface area contributed by atoms with Crippen LogP contribution in [0.2, 0.25) is 0 Å². The molecular formula is C11H15BrOS. The number of ether oxygens (including phenoxy) is 1. The van der Waals surface area contributed by atoms with Crippen molar-refractivity contribution in [2.75, 3.05) is 19.5 Å². The Balaban J connectivity index is 2.18. The van der Waals surface area contributed by atoms with E-state index in [9.17, 15) is 0 Å². The lowest BCUT2D eigenvalue weighted by atomic mass is 10.2. The van der Waals surface area contributed by atoms with Crippen LogP contribution in [0, 0.1) is 0 Å². The Hall–Kier alpha value is 0.01000. The van der Waals surface area contributed by atoms with Crippen LogP contribution in [0.15, 0.2) is 28.7 Å². The van der Waals surface area contributed by atoms with Crippen LogP contribution in [0.5, 0.6) is 0 Å². The molecule has 0 aliphatic carbocycles. The van der Waals surface area contributed by atoms with Gasteiger partial charge in [0.25, 0.3) is 0 Å². The van der Waals surface area contributed by atoms with Crippen LogP contribution in [0.25, 0.3) is 0 Å². The van der Waals surface area contributed by atoms with E-state index < -0.39 is 0 Å². The van der Waals surface area contributed by atoms with Gasteiger partial charge in [0, 0.05) is 23.9 Å². The minimum atomic E-state index is 0.867. The molecule has 78 valence electrons. The molecule has 14 heavy (non-hydrogen) atoms. The number of rotatable bonds is 6. The van der Waals surface area contributed by atoms with Gasteiger partial charge in [-0.15, -0.1) is 0 Å². The maximum atomic E-state index is 4.99. The maximum Gasteiger partial charge on any atom is 0.0470 e. The van der Waals surface area contributed by atoms with Crippen molar-refractivity contribution in [2.24, 2.45) is 0 Å². The largest absolute Gasteiger partial charge is 0.385 e. The van der Waals surface area contributed by atoms with Gasteiger partial charge in [-0.05, 0) is 29.9 Å². The minimum absolute atomic E-state index is 0.867. The average molecular weight is 275 g/mol. The molecule has 0 spiro atoms. The summed E-state index contributed by atoms with van der Waals surface area (Å²) >= 11 is 5.42. The molecule has 0 fully saturated rings. The first-order chi connectivity index (χ1) is 6.83. The fourth-order valence-electron chi connectivity index (χ4n) is 1.12. The van der Waals surface area contributed by atoms with Gasteiger partial charge in [0.2, 0.25) is 0 Å². The predicted octanol–water partition coefficient (Wildman–Crippen LogP) is 3.72. The third-order valence-corrected chi connectivity index (χ3v) is 3.40. The fourth-order valence-corrected chi connectivity index (χ4v) is 2.45. The van der Waals surface area contributed by atoms with Crippen molar-refractivity contribution in [3.05, 3.63) is 34.3 Å². The summed E-state index contributed by atoms with van der Waals surface area (Å²) < 4.78 is 6.15. The number of hydrogen-bond acceptors (Lipinski definition) is 2. The molecule has 1 aromatic carbocycles. The quantitative estimate of drug-likeness (QED) is 0.732. The van der Waals surface area contributed by atoms with Crippen molar-refractivity contribution in [1.29, 1.82) is 0 Å². The molecule has 0 unspecified atom stereocenters. The summed E-state index contributed by atoms with van der Waals surface area (Å²) in [5.41, 5.74) is 1.38. The summed E-state index contributed by atoms with van der Waals surface area (Å²) in [6.45, 7) is 0.867. The molecule has 0 heterocycles. The molecule has 0 aliphatic heterocycles. The molecule has 1 aromatic rings. The summed E-state index contributed by atoms with van der Waals surface area (Å²) in [6.07, 6.45) is 1.13. The van der Waals surface area contributed by atoms with Crippen molar-refractivity contribution >= 4 is 27.7 Å². The zero-order chi connectivity index (χ0) is 10.2. The van der Waals surface area contributed by atoms with E-state index in [1.54, 1.807) is 7.11 Å². The normalized spacial score (nSPS) is 10.4. The van der Waals surface area contributed by atoms with E-state index in [0.29, 0.717) is 0 Å². The van der Waals surface area contributed by atoms with Crippen LogP contribution in [0.1, 0.15) is 12.0 Å². The molecular weight excluding hydrogens is 260 g/mol. The second-order valence-corrected chi connectivity index (χ2v) is 5.05. The fraction of sp³-hybridized carbons (Fsp3) is 0.455. The van der Waals surface area contributed by atoms with E-state index in [1.807, 2.05) is 11.8 Å². The Morgan fingerprint density at radius 3 is 3.00 bits per heavy atom.